The lowest BCUT2D eigenvalue weighted by Crippen LogP contribution is -2.39. The lowest BCUT2D eigenvalue weighted by atomic mass is 10.1. The Morgan fingerprint density at radius 1 is 1.45 bits per heavy atom. The normalized spacial score (nSPS) is 18.8. The van der Waals surface area contributed by atoms with Gasteiger partial charge in [0.15, 0.2) is 0 Å². The van der Waals surface area contributed by atoms with Crippen LogP contribution in [-0.4, -0.2) is 34.3 Å². The number of phenols is 1. The molecule has 0 unspecified atom stereocenters. The van der Waals surface area contributed by atoms with Crippen LogP contribution < -0.4 is 4.74 Å². The fourth-order valence-electron chi connectivity index (χ4n) is 2.11. The van der Waals surface area contributed by atoms with E-state index >= 15 is 0 Å². The van der Waals surface area contributed by atoms with Crippen LogP contribution in [0.5, 0.6) is 11.5 Å². The lowest BCUT2D eigenvalue weighted by molar-refractivity contribution is 0.0188. The van der Waals surface area contributed by atoms with Crippen LogP contribution in [0.4, 0.5) is 4.79 Å². The molecule has 1 N–H and O–H groups in total. The van der Waals surface area contributed by atoms with E-state index in [4.69, 9.17) is 9.47 Å². The van der Waals surface area contributed by atoms with Crippen molar-refractivity contribution in [3.8, 4) is 11.5 Å². The maximum atomic E-state index is 12.2. The number of fused-ring (bicyclic) bond motifs is 1. The highest BCUT2D eigenvalue weighted by Crippen LogP contribution is 2.32. The van der Waals surface area contributed by atoms with Crippen LogP contribution in [0.15, 0.2) is 18.2 Å². The van der Waals surface area contributed by atoms with E-state index in [2.05, 4.69) is 0 Å². The van der Waals surface area contributed by atoms with Crippen molar-refractivity contribution >= 4 is 6.09 Å². The summed E-state index contributed by atoms with van der Waals surface area (Å²) in [6, 6.07) is 5.11. The summed E-state index contributed by atoms with van der Waals surface area (Å²) in [6.07, 6.45) is -0.561. The summed E-state index contributed by atoms with van der Waals surface area (Å²) in [5.74, 6) is 0.744. The van der Waals surface area contributed by atoms with Crippen LogP contribution in [-0.2, 0) is 11.3 Å². The molecule has 1 aromatic carbocycles. The fourth-order valence-corrected chi connectivity index (χ4v) is 2.11. The molecule has 1 atom stereocenters. The molecule has 0 bridgehead atoms. The van der Waals surface area contributed by atoms with E-state index in [-0.39, 0.29) is 18.4 Å². The van der Waals surface area contributed by atoms with E-state index in [0.29, 0.717) is 17.9 Å². The third-order valence-corrected chi connectivity index (χ3v) is 2.91. The van der Waals surface area contributed by atoms with Crippen molar-refractivity contribution in [2.45, 2.75) is 45.9 Å². The monoisotopic (exact) mass is 279 g/mol. The van der Waals surface area contributed by atoms with Gasteiger partial charge in [0.05, 0.1) is 18.7 Å². The fraction of sp³-hybridized carbons (Fsp3) is 0.533. The summed E-state index contributed by atoms with van der Waals surface area (Å²) in [6.45, 7) is 8.07. The van der Waals surface area contributed by atoms with Gasteiger partial charge in [-0.3, -0.25) is 4.90 Å². The topological polar surface area (TPSA) is 59.0 Å². The number of nitrogens with zero attached hydrogens (tertiary/aromatic N) is 1. The first-order chi connectivity index (χ1) is 9.26. The first kappa shape index (κ1) is 14.5. The molecule has 1 heterocycles. The SMILES string of the molecule is C[C@H]1CN(C(=O)OC(C)(C)C)Cc2c(O)cccc2O1. The highest BCUT2D eigenvalue weighted by atomic mass is 16.6. The number of hydrogen-bond donors (Lipinski definition) is 1. The van der Waals surface area contributed by atoms with Gasteiger partial charge in [0.25, 0.3) is 0 Å². The van der Waals surface area contributed by atoms with Crippen LogP contribution in [0.25, 0.3) is 0 Å². The van der Waals surface area contributed by atoms with Gasteiger partial charge in [-0.1, -0.05) is 6.07 Å². The van der Waals surface area contributed by atoms with Gasteiger partial charge in [-0.15, -0.1) is 0 Å². The van der Waals surface area contributed by atoms with E-state index in [9.17, 15) is 9.90 Å². The Morgan fingerprint density at radius 2 is 2.15 bits per heavy atom. The molecular weight excluding hydrogens is 258 g/mol. The highest BCUT2D eigenvalue weighted by molar-refractivity contribution is 5.68. The van der Waals surface area contributed by atoms with E-state index in [1.54, 1.807) is 23.1 Å². The predicted octanol–water partition coefficient (Wildman–Crippen LogP) is 2.91. The second kappa shape index (κ2) is 5.23. The molecule has 0 radical (unpaired) electrons. The Morgan fingerprint density at radius 3 is 2.80 bits per heavy atom. The van der Waals surface area contributed by atoms with Crippen LogP contribution in [0.3, 0.4) is 0 Å². The molecule has 20 heavy (non-hydrogen) atoms. The van der Waals surface area contributed by atoms with Crippen molar-refractivity contribution in [1.29, 1.82) is 0 Å². The zero-order chi connectivity index (χ0) is 14.9. The minimum absolute atomic E-state index is 0.130. The van der Waals surface area contributed by atoms with E-state index in [1.807, 2.05) is 27.7 Å². The van der Waals surface area contributed by atoms with Gasteiger partial charge in [0.1, 0.15) is 23.2 Å². The maximum Gasteiger partial charge on any atom is 0.410 e. The minimum Gasteiger partial charge on any atom is -0.507 e. The maximum absolute atomic E-state index is 12.2. The Balaban J connectivity index is 2.25. The van der Waals surface area contributed by atoms with Gasteiger partial charge in [-0.05, 0) is 39.8 Å². The van der Waals surface area contributed by atoms with Crippen LogP contribution in [0.2, 0.25) is 0 Å². The second-order valence-electron chi connectivity index (χ2n) is 6.04. The summed E-state index contributed by atoms with van der Waals surface area (Å²) in [5.41, 5.74) is 0.0670. The molecule has 1 aliphatic heterocycles. The number of aromatic hydroxyl groups is 1. The number of rotatable bonds is 0. The first-order valence-electron chi connectivity index (χ1n) is 6.72. The van der Waals surface area contributed by atoms with Crippen molar-refractivity contribution < 1.29 is 19.4 Å². The molecule has 0 spiro atoms. The Kier molecular flexibility index (Phi) is 3.79. The molecule has 0 aromatic heterocycles. The third-order valence-electron chi connectivity index (χ3n) is 2.91. The molecule has 0 saturated heterocycles. The van der Waals surface area contributed by atoms with Crippen molar-refractivity contribution in [2.24, 2.45) is 0 Å². The van der Waals surface area contributed by atoms with E-state index in [1.165, 1.54) is 0 Å². The standard InChI is InChI=1S/C15H21NO4/c1-10-8-16(14(18)20-15(2,3)4)9-11-12(17)6-5-7-13(11)19-10/h5-7,10,17H,8-9H2,1-4H3/t10-/m0/s1. The average Bonchev–Trinajstić information content (AvgIpc) is 2.46. The minimum atomic E-state index is -0.547. The van der Waals surface area contributed by atoms with Gasteiger partial charge >= 0.3 is 6.09 Å². The number of phenolic OH excluding ortho intramolecular Hbond substituents is 1. The number of amides is 1. The molecule has 1 aliphatic rings. The summed E-state index contributed by atoms with van der Waals surface area (Å²) >= 11 is 0. The molecule has 0 aliphatic carbocycles. The van der Waals surface area contributed by atoms with E-state index in [0.717, 1.165) is 0 Å². The van der Waals surface area contributed by atoms with Crippen molar-refractivity contribution in [3.05, 3.63) is 23.8 Å². The largest absolute Gasteiger partial charge is 0.507 e. The number of carbonyl (C=O) groups is 1. The summed E-state index contributed by atoms with van der Waals surface area (Å²) in [7, 11) is 0. The number of hydrogen-bond acceptors (Lipinski definition) is 4. The van der Waals surface area contributed by atoms with Gasteiger partial charge in [0.2, 0.25) is 0 Å². The number of carbonyl (C=O) groups excluding carboxylic acids is 1. The molecule has 0 saturated carbocycles. The lowest BCUT2D eigenvalue weighted by Gasteiger charge is -2.27. The average molecular weight is 279 g/mol. The second-order valence-corrected chi connectivity index (χ2v) is 6.04. The van der Waals surface area contributed by atoms with Crippen molar-refractivity contribution in [1.82, 2.24) is 4.90 Å². The molecule has 110 valence electrons. The smallest absolute Gasteiger partial charge is 0.410 e. The third kappa shape index (κ3) is 3.35. The van der Waals surface area contributed by atoms with Gasteiger partial charge in [-0.2, -0.15) is 0 Å². The number of ether oxygens (including phenoxy) is 2. The van der Waals surface area contributed by atoms with Gasteiger partial charge in [0, 0.05) is 0 Å². The Bertz CT molecular complexity index is 507. The molecule has 0 fully saturated rings. The molecule has 5 nitrogen and oxygen atoms in total. The highest BCUT2D eigenvalue weighted by Gasteiger charge is 2.28. The van der Waals surface area contributed by atoms with Gasteiger partial charge in [-0.25, -0.2) is 4.79 Å². The molecular formula is C15H21NO4. The van der Waals surface area contributed by atoms with Crippen LogP contribution in [0, 0.1) is 0 Å². The zero-order valence-electron chi connectivity index (χ0n) is 12.3. The molecule has 2 rings (SSSR count). The summed E-state index contributed by atoms with van der Waals surface area (Å²) in [4.78, 5) is 13.8. The van der Waals surface area contributed by atoms with Crippen molar-refractivity contribution in [3.63, 3.8) is 0 Å². The van der Waals surface area contributed by atoms with Gasteiger partial charge < -0.3 is 14.6 Å². The quantitative estimate of drug-likeness (QED) is 0.793. The first-order valence-corrected chi connectivity index (χ1v) is 6.72. The molecule has 5 heteroatoms. The zero-order valence-corrected chi connectivity index (χ0v) is 12.3. The Labute approximate surface area is 119 Å². The van der Waals surface area contributed by atoms with Crippen LogP contribution in [0.1, 0.15) is 33.3 Å². The summed E-state index contributed by atoms with van der Waals surface area (Å²) < 4.78 is 11.1. The Hall–Kier alpha value is -1.91. The molecule has 1 amide bonds. The summed E-state index contributed by atoms with van der Waals surface area (Å²) in [5, 5.41) is 9.94. The molecule has 1 aromatic rings. The van der Waals surface area contributed by atoms with E-state index < -0.39 is 11.7 Å². The predicted molar refractivity (Wildman–Crippen MR) is 74.8 cm³/mol. The van der Waals surface area contributed by atoms with Crippen molar-refractivity contribution in [2.75, 3.05) is 6.54 Å². The number of benzene rings is 1. The van der Waals surface area contributed by atoms with Crippen LogP contribution >= 0.6 is 0 Å².